The number of likely N-dealkylation sites (tertiary alicyclic amines) is 1. The highest BCUT2D eigenvalue weighted by Crippen LogP contribution is 2.33. The Morgan fingerprint density at radius 2 is 2.13 bits per heavy atom. The molecule has 23 heavy (non-hydrogen) atoms. The van der Waals surface area contributed by atoms with Gasteiger partial charge in [-0.15, -0.1) is 0 Å². The summed E-state index contributed by atoms with van der Waals surface area (Å²) in [7, 11) is 0. The molecular formula is C18H27NO4. The number of hydrogen-bond donors (Lipinski definition) is 1. The van der Waals surface area contributed by atoms with E-state index in [1.807, 2.05) is 25.1 Å². The second-order valence-electron chi connectivity index (χ2n) is 5.88. The van der Waals surface area contributed by atoms with Crippen molar-refractivity contribution in [3.05, 3.63) is 35.9 Å². The van der Waals surface area contributed by atoms with Gasteiger partial charge >= 0.3 is 6.09 Å². The molecule has 5 heteroatoms. The van der Waals surface area contributed by atoms with Gasteiger partial charge in [0.15, 0.2) is 0 Å². The molecule has 0 saturated carbocycles. The first kappa shape index (κ1) is 17.8. The fourth-order valence-electron chi connectivity index (χ4n) is 3.09. The monoisotopic (exact) mass is 321 g/mol. The molecule has 1 saturated heterocycles. The minimum absolute atomic E-state index is 0.0556. The highest BCUT2D eigenvalue weighted by Gasteiger charge is 2.30. The number of hydrogen-bond acceptors (Lipinski definition) is 3. The lowest BCUT2D eigenvalue weighted by molar-refractivity contribution is -0.0208. The average molecular weight is 321 g/mol. The van der Waals surface area contributed by atoms with Gasteiger partial charge in [-0.3, -0.25) is 0 Å². The molecule has 1 amide bonds. The van der Waals surface area contributed by atoms with Crippen LogP contribution in [-0.2, 0) is 9.47 Å². The first-order valence-corrected chi connectivity index (χ1v) is 8.44. The number of rotatable bonds is 8. The molecule has 0 bridgehead atoms. The van der Waals surface area contributed by atoms with Gasteiger partial charge in [-0.2, -0.15) is 0 Å². The lowest BCUT2D eigenvalue weighted by atomic mass is 9.88. The van der Waals surface area contributed by atoms with Gasteiger partial charge in [-0.05, 0) is 31.7 Å². The molecule has 2 unspecified atom stereocenters. The predicted octanol–water partition coefficient (Wildman–Crippen LogP) is 3.56. The fourth-order valence-corrected chi connectivity index (χ4v) is 3.09. The molecule has 128 valence electrons. The topological polar surface area (TPSA) is 59.0 Å². The molecule has 1 N–H and O–H groups in total. The van der Waals surface area contributed by atoms with E-state index in [1.165, 1.54) is 4.90 Å². The lowest BCUT2D eigenvalue weighted by Gasteiger charge is -2.35. The molecular weight excluding hydrogens is 294 g/mol. The van der Waals surface area contributed by atoms with E-state index >= 15 is 0 Å². The number of carboxylic acid groups (broad SMARTS) is 1. The van der Waals surface area contributed by atoms with E-state index in [2.05, 4.69) is 12.1 Å². The molecule has 1 heterocycles. The van der Waals surface area contributed by atoms with Crippen molar-refractivity contribution in [3.63, 3.8) is 0 Å². The van der Waals surface area contributed by atoms with Crippen molar-refractivity contribution in [1.82, 2.24) is 4.90 Å². The van der Waals surface area contributed by atoms with Crippen LogP contribution < -0.4 is 0 Å². The van der Waals surface area contributed by atoms with Crippen LogP contribution in [0.15, 0.2) is 30.3 Å². The minimum atomic E-state index is -0.835. The van der Waals surface area contributed by atoms with Gasteiger partial charge in [0, 0.05) is 38.8 Å². The molecule has 0 aromatic heterocycles. The summed E-state index contributed by atoms with van der Waals surface area (Å²) in [6, 6.07) is 10.1. The molecule has 1 aliphatic heterocycles. The van der Waals surface area contributed by atoms with E-state index in [0.29, 0.717) is 26.3 Å². The predicted molar refractivity (Wildman–Crippen MR) is 88.6 cm³/mol. The largest absolute Gasteiger partial charge is 0.465 e. The normalized spacial score (nSPS) is 19.5. The molecule has 2 atom stereocenters. The SMILES string of the molecule is CCOCCCOC(c1ccccc1)C1CCCN(C(=O)O)C1. The standard InChI is InChI=1S/C18H27NO4/c1-2-22-12-7-13-23-17(15-8-4-3-5-9-15)16-10-6-11-19(14-16)18(20)21/h3-5,8-9,16-17H,2,6-7,10-14H2,1H3,(H,20,21). The van der Waals surface area contributed by atoms with Gasteiger partial charge in [0.2, 0.25) is 0 Å². The number of nitrogens with zero attached hydrogens (tertiary/aromatic N) is 1. The summed E-state index contributed by atoms with van der Waals surface area (Å²) in [4.78, 5) is 12.8. The number of ether oxygens (including phenoxy) is 2. The number of benzene rings is 1. The van der Waals surface area contributed by atoms with Crippen LogP contribution >= 0.6 is 0 Å². The Balaban J connectivity index is 1.99. The van der Waals surface area contributed by atoms with Gasteiger partial charge in [0.1, 0.15) is 0 Å². The number of amides is 1. The van der Waals surface area contributed by atoms with Gasteiger partial charge in [0.05, 0.1) is 6.10 Å². The Bertz CT molecular complexity index is 465. The van der Waals surface area contributed by atoms with E-state index in [9.17, 15) is 9.90 Å². The molecule has 1 aromatic carbocycles. The summed E-state index contributed by atoms with van der Waals surface area (Å²) in [5.41, 5.74) is 1.13. The molecule has 0 aliphatic carbocycles. The molecule has 5 nitrogen and oxygen atoms in total. The Hall–Kier alpha value is -1.59. The summed E-state index contributed by atoms with van der Waals surface area (Å²) in [6.07, 6.45) is 1.85. The highest BCUT2D eigenvalue weighted by atomic mass is 16.5. The van der Waals surface area contributed by atoms with Crippen LogP contribution in [0.5, 0.6) is 0 Å². The van der Waals surface area contributed by atoms with Gasteiger partial charge in [-0.25, -0.2) is 4.79 Å². The van der Waals surface area contributed by atoms with E-state index in [0.717, 1.165) is 31.4 Å². The van der Waals surface area contributed by atoms with Gasteiger partial charge in [-0.1, -0.05) is 30.3 Å². The van der Waals surface area contributed by atoms with E-state index < -0.39 is 6.09 Å². The molecule has 1 aromatic rings. The summed E-state index contributed by atoms with van der Waals surface area (Å²) < 4.78 is 11.5. The Labute approximate surface area is 138 Å². The smallest absolute Gasteiger partial charge is 0.407 e. The third kappa shape index (κ3) is 5.52. The Kier molecular flexibility index (Phi) is 7.36. The summed E-state index contributed by atoms with van der Waals surface area (Å²) in [5.74, 6) is 0.203. The van der Waals surface area contributed by atoms with Crippen LogP contribution in [0.3, 0.4) is 0 Å². The summed E-state index contributed by atoms with van der Waals surface area (Å²) >= 11 is 0. The first-order chi connectivity index (χ1) is 11.2. The van der Waals surface area contributed by atoms with Crippen LogP contribution in [0.1, 0.15) is 37.9 Å². The first-order valence-electron chi connectivity index (χ1n) is 8.44. The van der Waals surface area contributed by atoms with E-state index in [1.54, 1.807) is 0 Å². The zero-order valence-electron chi connectivity index (χ0n) is 13.8. The van der Waals surface area contributed by atoms with Crippen molar-refractivity contribution in [3.8, 4) is 0 Å². The van der Waals surface area contributed by atoms with E-state index in [4.69, 9.17) is 9.47 Å². The molecule has 2 rings (SSSR count). The van der Waals surface area contributed by atoms with Gasteiger partial charge < -0.3 is 19.5 Å². The average Bonchev–Trinajstić information content (AvgIpc) is 2.59. The zero-order valence-corrected chi connectivity index (χ0v) is 13.8. The van der Waals surface area contributed by atoms with Crippen LogP contribution in [0.2, 0.25) is 0 Å². The van der Waals surface area contributed by atoms with Crippen LogP contribution in [0, 0.1) is 5.92 Å². The van der Waals surface area contributed by atoms with Crippen molar-refractivity contribution < 1.29 is 19.4 Å². The Morgan fingerprint density at radius 1 is 1.35 bits per heavy atom. The molecule has 0 radical (unpaired) electrons. The van der Waals surface area contributed by atoms with Crippen LogP contribution in [-0.4, -0.2) is 49.0 Å². The summed E-state index contributed by atoms with van der Waals surface area (Å²) in [6.45, 7) is 5.19. The van der Waals surface area contributed by atoms with E-state index in [-0.39, 0.29) is 12.0 Å². The maximum absolute atomic E-state index is 11.3. The van der Waals surface area contributed by atoms with Gasteiger partial charge in [0.25, 0.3) is 0 Å². The lowest BCUT2D eigenvalue weighted by Crippen LogP contribution is -2.41. The van der Waals surface area contributed by atoms with Crippen LogP contribution in [0.4, 0.5) is 4.79 Å². The molecule has 1 aliphatic rings. The maximum Gasteiger partial charge on any atom is 0.407 e. The number of carbonyl (C=O) groups is 1. The second kappa shape index (κ2) is 9.53. The van der Waals surface area contributed by atoms with Crippen molar-refractivity contribution in [2.45, 2.75) is 32.3 Å². The molecule has 1 fully saturated rings. The molecule has 0 spiro atoms. The zero-order chi connectivity index (χ0) is 16.5. The van der Waals surface area contributed by atoms with Crippen molar-refractivity contribution in [2.75, 3.05) is 32.9 Å². The maximum atomic E-state index is 11.3. The van der Waals surface area contributed by atoms with Crippen molar-refractivity contribution >= 4 is 6.09 Å². The van der Waals surface area contributed by atoms with Crippen molar-refractivity contribution in [1.29, 1.82) is 0 Å². The fraction of sp³-hybridized carbons (Fsp3) is 0.611. The minimum Gasteiger partial charge on any atom is -0.465 e. The number of piperidine rings is 1. The van der Waals surface area contributed by atoms with Crippen molar-refractivity contribution in [2.24, 2.45) is 5.92 Å². The summed E-state index contributed by atoms with van der Waals surface area (Å²) in [5, 5.41) is 9.25. The Morgan fingerprint density at radius 3 is 2.83 bits per heavy atom. The third-order valence-electron chi connectivity index (χ3n) is 4.22. The van der Waals surface area contributed by atoms with Crippen LogP contribution in [0.25, 0.3) is 0 Å². The highest BCUT2D eigenvalue weighted by molar-refractivity contribution is 5.65. The third-order valence-corrected chi connectivity index (χ3v) is 4.22. The second-order valence-corrected chi connectivity index (χ2v) is 5.88. The quantitative estimate of drug-likeness (QED) is 0.744.